The number of guanidine groups is 1. The Hall–Kier alpha value is -1.64. The monoisotopic (exact) mass is 426 g/mol. The van der Waals surface area contributed by atoms with Gasteiger partial charge in [-0.15, -0.1) is 24.0 Å². The predicted molar refractivity (Wildman–Crippen MR) is 102 cm³/mol. The molecular weight excluding hydrogens is 403 g/mol. The number of hydrogen-bond acceptors (Lipinski definition) is 3. The van der Waals surface area contributed by atoms with Gasteiger partial charge in [-0.3, -0.25) is 4.57 Å². The molecule has 1 aliphatic carbocycles. The van der Waals surface area contributed by atoms with Crippen molar-refractivity contribution in [2.24, 2.45) is 4.99 Å². The fourth-order valence-electron chi connectivity index (χ4n) is 2.18. The van der Waals surface area contributed by atoms with Gasteiger partial charge in [-0.2, -0.15) is 0 Å². The number of aliphatic imine (C=N–C) groups is 1. The maximum atomic E-state index is 4.61. The lowest BCUT2D eigenvalue weighted by Gasteiger charge is -2.10. The standard InChI is InChI=1S/C16H22N6.HI/c1-3-17-16(21-14-5-6-14)20-11-13-4-7-15(19-10-13)22-9-8-18-12(22)2;/h4,7-10,14H,3,5-6,11H2,1-2H3,(H2,17,20,21);1H. The van der Waals surface area contributed by atoms with Gasteiger partial charge in [-0.05, 0) is 38.3 Å². The molecule has 0 atom stereocenters. The lowest BCUT2D eigenvalue weighted by molar-refractivity contribution is 0.811. The Balaban J connectivity index is 0.00000192. The van der Waals surface area contributed by atoms with Gasteiger partial charge >= 0.3 is 0 Å². The number of hydrogen-bond donors (Lipinski definition) is 2. The highest BCUT2D eigenvalue weighted by atomic mass is 127. The van der Waals surface area contributed by atoms with Crippen LogP contribution < -0.4 is 10.6 Å². The Morgan fingerprint density at radius 3 is 2.74 bits per heavy atom. The van der Waals surface area contributed by atoms with E-state index >= 15 is 0 Å². The summed E-state index contributed by atoms with van der Waals surface area (Å²) in [5.41, 5.74) is 1.09. The van der Waals surface area contributed by atoms with Crippen LogP contribution in [0.3, 0.4) is 0 Å². The minimum atomic E-state index is 0. The summed E-state index contributed by atoms with van der Waals surface area (Å²) in [7, 11) is 0. The Morgan fingerprint density at radius 2 is 2.17 bits per heavy atom. The van der Waals surface area contributed by atoms with Gasteiger partial charge in [0, 0.05) is 31.2 Å². The minimum absolute atomic E-state index is 0. The van der Waals surface area contributed by atoms with Crippen molar-refractivity contribution in [3.63, 3.8) is 0 Å². The SMILES string of the molecule is CCNC(=NCc1ccc(-n2ccnc2C)nc1)NC1CC1.I. The fraction of sp³-hybridized carbons (Fsp3) is 0.438. The van der Waals surface area contributed by atoms with Crippen LogP contribution in [0.5, 0.6) is 0 Å². The summed E-state index contributed by atoms with van der Waals surface area (Å²) >= 11 is 0. The van der Waals surface area contributed by atoms with Crippen LogP contribution in [0, 0.1) is 6.92 Å². The van der Waals surface area contributed by atoms with Crippen molar-refractivity contribution >= 4 is 29.9 Å². The molecule has 1 saturated carbocycles. The Bertz CT molecular complexity index is 645. The zero-order chi connectivity index (χ0) is 15.4. The van der Waals surface area contributed by atoms with E-state index in [9.17, 15) is 0 Å². The average molecular weight is 426 g/mol. The molecule has 6 nitrogen and oxygen atoms in total. The molecule has 23 heavy (non-hydrogen) atoms. The third kappa shape index (κ3) is 4.92. The number of nitrogens with one attached hydrogen (secondary N) is 2. The van der Waals surface area contributed by atoms with Crippen molar-refractivity contribution in [2.45, 2.75) is 39.3 Å². The van der Waals surface area contributed by atoms with Crippen LogP contribution in [-0.2, 0) is 6.54 Å². The van der Waals surface area contributed by atoms with Crippen LogP contribution in [0.25, 0.3) is 5.82 Å². The number of aryl methyl sites for hydroxylation is 1. The lowest BCUT2D eigenvalue weighted by atomic mass is 10.3. The quantitative estimate of drug-likeness (QED) is 0.438. The van der Waals surface area contributed by atoms with E-state index in [4.69, 9.17) is 0 Å². The molecule has 0 radical (unpaired) electrons. The maximum Gasteiger partial charge on any atom is 0.191 e. The van der Waals surface area contributed by atoms with Crippen LogP contribution in [0.2, 0.25) is 0 Å². The zero-order valence-corrected chi connectivity index (χ0v) is 15.8. The average Bonchev–Trinajstić information content (AvgIpc) is 3.24. The molecule has 2 aromatic rings. The van der Waals surface area contributed by atoms with Crippen molar-refractivity contribution in [3.05, 3.63) is 42.1 Å². The molecule has 3 rings (SSSR count). The topological polar surface area (TPSA) is 67.1 Å². The summed E-state index contributed by atoms with van der Waals surface area (Å²) in [4.78, 5) is 13.3. The molecule has 0 saturated heterocycles. The van der Waals surface area contributed by atoms with E-state index in [-0.39, 0.29) is 24.0 Å². The molecule has 124 valence electrons. The van der Waals surface area contributed by atoms with E-state index in [0.717, 1.165) is 29.7 Å². The number of rotatable bonds is 5. The van der Waals surface area contributed by atoms with Crippen molar-refractivity contribution < 1.29 is 0 Å². The number of pyridine rings is 1. The van der Waals surface area contributed by atoms with Crippen molar-refractivity contribution in [1.82, 2.24) is 25.2 Å². The molecule has 1 fully saturated rings. The maximum absolute atomic E-state index is 4.61. The highest BCUT2D eigenvalue weighted by Crippen LogP contribution is 2.18. The Morgan fingerprint density at radius 1 is 1.35 bits per heavy atom. The van der Waals surface area contributed by atoms with Crippen molar-refractivity contribution in [3.8, 4) is 5.82 Å². The highest BCUT2D eigenvalue weighted by molar-refractivity contribution is 14.0. The lowest BCUT2D eigenvalue weighted by Crippen LogP contribution is -2.38. The van der Waals surface area contributed by atoms with E-state index in [1.54, 1.807) is 6.20 Å². The number of aromatic nitrogens is 3. The first kappa shape index (κ1) is 17.7. The second-order valence-corrected chi connectivity index (χ2v) is 5.48. The van der Waals surface area contributed by atoms with Crippen LogP contribution in [-0.4, -0.2) is 33.1 Å². The minimum Gasteiger partial charge on any atom is -0.357 e. The third-order valence-corrected chi connectivity index (χ3v) is 3.56. The van der Waals surface area contributed by atoms with Crippen LogP contribution in [0.1, 0.15) is 31.2 Å². The summed E-state index contributed by atoms with van der Waals surface area (Å²) in [5.74, 6) is 2.70. The molecular formula is C16H23IN6. The van der Waals surface area contributed by atoms with Gasteiger partial charge in [-0.25, -0.2) is 15.0 Å². The van der Waals surface area contributed by atoms with E-state index in [2.05, 4.69) is 38.6 Å². The van der Waals surface area contributed by atoms with Gasteiger partial charge in [0.05, 0.1) is 6.54 Å². The van der Waals surface area contributed by atoms with Crippen LogP contribution in [0.4, 0.5) is 0 Å². The summed E-state index contributed by atoms with van der Waals surface area (Å²) < 4.78 is 1.96. The van der Waals surface area contributed by atoms with E-state index in [0.29, 0.717) is 12.6 Å². The van der Waals surface area contributed by atoms with Gasteiger partial charge in [0.2, 0.25) is 0 Å². The third-order valence-electron chi connectivity index (χ3n) is 3.56. The molecule has 0 unspecified atom stereocenters. The number of halogens is 1. The summed E-state index contributed by atoms with van der Waals surface area (Å²) in [5, 5.41) is 6.68. The van der Waals surface area contributed by atoms with Gasteiger partial charge in [-0.1, -0.05) is 6.07 Å². The first-order chi connectivity index (χ1) is 10.8. The van der Waals surface area contributed by atoms with Gasteiger partial charge in [0.15, 0.2) is 5.96 Å². The van der Waals surface area contributed by atoms with Gasteiger partial charge < -0.3 is 10.6 Å². The second-order valence-electron chi connectivity index (χ2n) is 5.48. The van der Waals surface area contributed by atoms with E-state index in [1.807, 2.05) is 30.0 Å². The van der Waals surface area contributed by atoms with Gasteiger partial charge in [0.1, 0.15) is 11.6 Å². The molecule has 7 heteroatoms. The summed E-state index contributed by atoms with van der Waals surface area (Å²) in [6.45, 7) is 5.54. The molecule has 2 N–H and O–H groups in total. The molecule has 0 aromatic carbocycles. The number of nitrogens with zero attached hydrogens (tertiary/aromatic N) is 4. The van der Waals surface area contributed by atoms with Crippen molar-refractivity contribution in [2.75, 3.05) is 6.54 Å². The van der Waals surface area contributed by atoms with E-state index in [1.165, 1.54) is 12.8 Å². The Labute approximate surface area is 153 Å². The normalized spacial score (nSPS) is 14.3. The smallest absolute Gasteiger partial charge is 0.191 e. The number of imidazole rings is 1. The zero-order valence-electron chi connectivity index (χ0n) is 13.5. The second kappa shape index (κ2) is 8.28. The Kier molecular flexibility index (Phi) is 6.37. The first-order valence-corrected chi connectivity index (χ1v) is 7.76. The molecule has 0 amide bonds. The first-order valence-electron chi connectivity index (χ1n) is 7.76. The molecule has 0 spiro atoms. The van der Waals surface area contributed by atoms with Crippen LogP contribution >= 0.6 is 24.0 Å². The molecule has 2 aromatic heterocycles. The fourth-order valence-corrected chi connectivity index (χ4v) is 2.18. The van der Waals surface area contributed by atoms with E-state index < -0.39 is 0 Å². The molecule has 0 aliphatic heterocycles. The highest BCUT2D eigenvalue weighted by Gasteiger charge is 2.21. The van der Waals surface area contributed by atoms with Crippen molar-refractivity contribution in [1.29, 1.82) is 0 Å². The van der Waals surface area contributed by atoms with Gasteiger partial charge in [0.25, 0.3) is 0 Å². The largest absolute Gasteiger partial charge is 0.357 e. The van der Waals surface area contributed by atoms with Crippen LogP contribution in [0.15, 0.2) is 35.7 Å². The molecule has 1 aliphatic rings. The predicted octanol–water partition coefficient (Wildman–Crippen LogP) is 2.41. The molecule has 2 heterocycles. The summed E-state index contributed by atoms with van der Waals surface area (Å²) in [6, 6.07) is 4.66. The summed E-state index contributed by atoms with van der Waals surface area (Å²) in [6.07, 6.45) is 8.05. The molecule has 0 bridgehead atoms.